The number of halogens is 1. The topological polar surface area (TPSA) is 69.0 Å². The molecule has 0 radical (unpaired) electrons. The highest BCUT2D eigenvalue weighted by molar-refractivity contribution is 7.99. The van der Waals surface area contributed by atoms with Crippen molar-refractivity contribution < 1.29 is 9.53 Å². The smallest absolute Gasteiger partial charge is 0.234 e. The Morgan fingerprint density at radius 2 is 1.89 bits per heavy atom. The second-order valence-corrected chi connectivity index (χ2v) is 7.14. The van der Waals surface area contributed by atoms with Crippen LogP contribution in [0.5, 0.6) is 5.75 Å². The molecule has 0 aliphatic rings. The van der Waals surface area contributed by atoms with Crippen LogP contribution < -0.4 is 10.1 Å². The highest BCUT2D eigenvalue weighted by Crippen LogP contribution is 2.29. The number of nitrogens with one attached hydrogen (secondary N) is 1. The average Bonchev–Trinajstić information content (AvgIpc) is 3.03. The highest BCUT2D eigenvalue weighted by atomic mass is 35.5. The van der Waals surface area contributed by atoms with Gasteiger partial charge in [0.15, 0.2) is 17.1 Å². The number of anilines is 1. The van der Waals surface area contributed by atoms with Crippen LogP contribution in [0.15, 0.2) is 59.8 Å². The molecule has 0 bridgehead atoms. The van der Waals surface area contributed by atoms with Crippen molar-refractivity contribution in [3.05, 3.63) is 65.4 Å². The van der Waals surface area contributed by atoms with E-state index in [0.717, 1.165) is 5.69 Å². The van der Waals surface area contributed by atoms with Crippen LogP contribution in [0.2, 0.25) is 5.02 Å². The van der Waals surface area contributed by atoms with E-state index in [9.17, 15) is 4.79 Å². The standard InChI is InChI=1S/C19H19ClN4O2S/c1-13(26-16-11-7-6-10-15(16)20)18-22-23-19(24(18)2)27-12-17(25)21-14-8-4-3-5-9-14/h3-11,13H,12H2,1-2H3,(H,21,25)/t13-/m0/s1. The van der Waals surface area contributed by atoms with E-state index >= 15 is 0 Å². The Hall–Kier alpha value is -2.51. The first kappa shape index (κ1) is 19.3. The minimum atomic E-state index is -0.338. The number of amides is 1. The fraction of sp³-hybridized carbons (Fsp3) is 0.211. The lowest BCUT2D eigenvalue weighted by Gasteiger charge is -2.15. The van der Waals surface area contributed by atoms with Crippen molar-refractivity contribution in [2.24, 2.45) is 7.05 Å². The molecule has 3 aromatic rings. The molecule has 8 heteroatoms. The van der Waals surface area contributed by atoms with E-state index in [4.69, 9.17) is 16.3 Å². The van der Waals surface area contributed by atoms with Gasteiger partial charge in [0.1, 0.15) is 5.75 Å². The molecule has 0 aliphatic heterocycles. The Bertz CT molecular complexity index is 917. The molecule has 1 atom stereocenters. The number of hydrogen-bond donors (Lipinski definition) is 1. The Balaban J connectivity index is 1.59. The number of benzene rings is 2. The summed E-state index contributed by atoms with van der Waals surface area (Å²) < 4.78 is 7.71. The number of nitrogens with zero attached hydrogens (tertiary/aromatic N) is 3. The molecule has 140 valence electrons. The molecule has 3 rings (SSSR count). The summed E-state index contributed by atoms with van der Waals surface area (Å²) in [4.78, 5) is 12.1. The molecule has 0 spiro atoms. The number of aromatic nitrogens is 3. The van der Waals surface area contributed by atoms with Crippen LogP contribution in [0, 0.1) is 0 Å². The number of hydrogen-bond acceptors (Lipinski definition) is 5. The first-order chi connectivity index (χ1) is 13.0. The zero-order valence-corrected chi connectivity index (χ0v) is 16.5. The van der Waals surface area contributed by atoms with Crippen molar-refractivity contribution in [1.82, 2.24) is 14.8 Å². The van der Waals surface area contributed by atoms with E-state index in [1.807, 2.05) is 61.0 Å². The summed E-state index contributed by atoms with van der Waals surface area (Å²) in [5.74, 6) is 1.38. The van der Waals surface area contributed by atoms with E-state index < -0.39 is 0 Å². The molecule has 27 heavy (non-hydrogen) atoms. The van der Waals surface area contributed by atoms with Gasteiger partial charge in [-0.3, -0.25) is 4.79 Å². The van der Waals surface area contributed by atoms with Gasteiger partial charge >= 0.3 is 0 Å². The number of thioether (sulfide) groups is 1. The molecule has 1 amide bonds. The Labute approximate surface area is 166 Å². The molecule has 0 saturated carbocycles. The Morgan fingerprint density at radius 1 is 1.19 bits per heavy atom. The normalized spacial score (nSPS) is 11.8. The van der Waals surface area contributed by atoms with Crippen molar-refractivity contribution in [1.29, 1.82) is 0 Å². The third kappa shape index (κ3) is 5.02. The molecule has 1 heterocycles. The quantitative estimate of drug-likeness (QED) is 0.595. The van der Waals surface area contributed by atoms with Gasteiger partial charge < -0.3 is 14.6 Å². The summed E-state index contributed by atoms with van der Waals surface area (Å²) >= 11 is 7.45. The van der Waals surface area contributed by atoms with Crippen molar-refractivity contribution in [2.75, 3.05) is 11.1 Å². The third-order valence-electron chi connectivity index (χ3n) is 3.76. The highest BCUT2D eigenvalue weighted by Gasteiger charge is 2.18. The predicted molar refractivity (Wildman–Crippen MR) is 107 cm³/mol. The van der Waals surface area contributed by atoms with Crippen molar-refractivity contribution in [3.63, 3.8) is 0 Å². The van der Waals surface area contributed by atoms with Crippen molar-refractivity contribution in [3.8, 4) is 5.75 Å². The molecule has 0 aliphatic carbocycles. The SMILES string of the molecule is C[C@H](Oc1ccccc1Cl)c1nnc(SCC(=O)Nc2ccccc2)n1C. The summed E-state index contributed by atoms with van der Waals surface area (Å²) in [7, 11) is 1.85. The minimum absolute atomic E-state index is 0.101. The number of ether oxygens (including phenoxy) is 1. The van der Waals surface area contributed by atoms with Gasteiger partial charge in [-0.25, -0.2) is 0 Å². The Morgan fingerprint density at radius 3 is 2.63 bits per heavy atom. The summed E-state index contributed by atoms with van der Waals surface area (Å²) in [6.45, 7) is 1.88. The van der Waals surface area contributed by atoms with E-state index in [2.05, 4.69) is 15.5 Å². The number of para-hydroxylation sites is 2. The lowest BCUT2D eigenvalue weighted by molar-refractivity contribution is -0.113. The predicted octanol–water partition coefficient (Wildman–Crippen LogP) is 4.34. The van der Waals surface area contributed by atoms with Crippen LogP contribution in [-0.4, -0.2) is 26.4 Å². The summed E-state index contributed by atoms with van der Waals surface area (Å²) in [5, 5.41) is 12.4. The number of carbonyl (C=O) groups is 1. The maximum atomic E-state index is 12.1. The minimum Gasteiger partial charge on any atom is -0.481 e. The maximum absolute atomic E-state index is 12.1. The zero-order chi connectivity index (χ0) is 19.2. The summed E-state index contributed by atoms with van der Waals surface area (Å²) in [6, 6.07) is 16.6. The second kappa shape index (κ2) is 8.92. The first-order valence-electron chi connectivity index (χ1n) is 8.32. The zero-order valence-electron chi connectivity index (χ0n) is 14.9. The monoisotopic (exact) mass is 402 g/mol. The molecule has 0 unspecified atom stereocenters. The molecule has 0 fully saturated rings. The number of rotatable bonds is 7. The molecule has 1 aromatic heterocycles. The molecule has 1 N–H and O–H groups in total. The van der Waals surface area contributed by atoms with Crippen LogP contribution in [0.25, 0.3) is 0 Å². The molecule has 6 nitrogen and oxygen atoms in total. The fourth-order valence-electron chi connectivity index (χ4n) is 2.44. The first-order valence-corrected chi connectivity index (χ1v) is 9.69. The van der Waals surface area contributed by atoms with Gasteiger partial charge in [0.05, 0.1) is 10.8 Å². The van der Waals surface area contributed by atoms with Gasteiger partial charge in [-0.1, -0.05) is 53.7 Å². The van der Waals surface area contributed by atoms with Gasteiger partial charge in [-0.2, -0.15) is 0 Å². The third-order valence-corrected chi connectivity index (χ3v) is 5.09. The number of carbonyl (C=O) groups excluding carboxylic acids is 1. The molecular formula is C19H19ClN4O2S. The van der Waals surface area contributed by atoms with Gasteiger partial charge in [-0.15, -0.1) is 10.2 Å². The lowest BCUT2D eigenvalue weighted by atomic mass is 10.3. The summed E-state index contributed by atoms with van der Waals surface area (Å²) in [6.07, 6.45) is -0.338. The van der Waals surface area contributed by atoms with Crippen LogP contribution in [0.3, 0.4) is 0 Å². The molecule has 2 aromatic carbocycles. The van der Waals surface area contributed by atoms with Crippen LogP contribution in [0.1, 0.15) is 18.9 Å². The molecule has 0 saturated heterocycles. The van der Waals surface area contributed by atoms with Crippen LogP contribution >= 0.6 is 23.4 Å². The fourth-order valence-corrected chi connectivity index (χ4v) is 3.34. The lowest BCUT2D eigenvalue weighted by Crippen LogP contribution is -2.14. The van der Waals surface area contributed by atoms with E-state index in [0.29, 0.717) is 21.8 Å². The van der Waals surface area contributed by atoms with Crippen molar-refractivity contribution in [2.45, 2.75) is 18.2 Å². The van der Waals surface area contributed by atoms with Gasteiger partial charge in [-0.05, 0) is 31.2 Å². The van der Waals surface area contributed by atoms with Gasteiger partial charge in [0.2, 0.25) is 5.91 Å². The van der Waals surface area contributed by atoms with E-state index in [1.54, 1.807) is 12.1 Å². The summed E-state index contributed by atoms with van der Waals surface area (Å²) in [5.41, 5.74) is 0.767. The van der Waals surface area contributed by atoms with Gasteiger partial charge in [0.25, 0.3) is 0 Å². The maximum Gasteiger partial charge on any atom is 0.234 e. The average molecular weight is 403 g/mol. The van der Waals surface area contributed by atoms with E-state index in [-0.39, 0.29) is 17.8 Å². The Kier molecular flexibility index (Phi) is 6.36. The van der Waals surface area contributed by atoms with Crippen LogP contribution in [0.4, 0.5) is 5.69 Å². The van der Waals surface area contributed by atoms with Crippen LogP contribution in [-0.2, 0) is 11.8 Å². The second-order valence-electron chi connectivity index (χ2n) is 5.79. The molecular weight excluding hydrogens is 384 g/mol. The van der Waals surface area contributed by atoms with E-state index in [1.165, 1.54) is 11.8 Å². The van der Waals surface area contributed by atoms with Gasteiger partial charge in [0, 0.05) is 12.7 Å². The van der Waals surface area contributed by atoms with Crippen molar-refractivity contribution >= 4 is 35.0 Å². The largest absolute Gasteiger partial charge is 0.481 e.